The van der Waals surface area contributed by atoms with Crippen molar-refractivity contribution >= 4 is 22.4 Å². The Kier molecular flexibility index (Phi) is 3.46. The molecule has 0 saturated carbocycles. The van der Waals surface area contributed by atoms with E-state index in [2.05, 4.69) is 20.1 Å². The van der Waals surface area contributed by atoms with Gasteiger partial charge in [0.25, 0.3) is 0 Å². The van der Waals surface area contributed by atoms with Crippen molar-refractivity contribution in [1.82, 2.24) is 24.7 Å². The van der Waals surface area contributed by atoms with Crippen LogP contribution in [0.1, 0.15) is 5.01 Å². The molecule has 0 atom stereocenters. The van der Waals surface area contributed by atoms with Gasteiger partial charge in [0.1, 0.15) is 11.7 Å². The van der Waals surface area contributed by atoms with Crippen LogP contribution in [0.4, 0.5) is 4.39 Å². The Hall–Kier alpha value is -2.87. The van der Waals surface area contributed by atoms with Gasteiger partial charge >= 0.3 is 0 Å². The van der Waals surface area contributed by atoms with Gasteiger partial charge in [0.15, 0.2) is 17.2 Å². The summed E-state index contributed by atoms with van der Waals surface area (Å²) < 4.78 is 21.7. The van der Waals surface area contributed by atoms with Gasteiger partial charge in [-0.25, -0.2) is 19.3 Å². The molecule has 0 aliphatic heterocycles. The van der Waals surface area contributed by atoms with E-state index in [0.29, 0.717) is 16.6 Å². The fourth-order valence-corrected chi connectivity index (χ4v) is 2.99. The van der Waals surface area contributed by atoms with Gasteiger partial charge in [-0.15, -0.1) is 11.3 Å². The summed E-state index contributed by atoms with van der Waals surface area (Å²) in [4.78, 5) is 12.6. The third kappa shape index (κ3) is 2.50. The third-order valence-electron chi connectivity index (χ3n) is 3.55. The summed E-state index contributed by atoms with van der Waals surface area (Å²) in [7, 11) is 1.77. The van der Waals surface area contributed by atoms with E-state index in [9.17, 15) is 4.39 Å². The van der Waals surface area contributed by atoms with Crippen LogP contribution in [0.15, 0.2) is 36.1 Å². The van der Waals surface area contributed by atoms with Gasteiger partial charge in [0.2, 0.25) is 5.88 Å². The molecule has 0 aliphatic carbocycles. The number of thiazole rings is 1. The van der Waals surface area contributed by atoms with Crippen molar-refractivity contribution in [3.05, 3.63) is 46.9 Å². The number of hydrogen-bond donors (Lipinski definition) is 0. The summed E-state index contributed by atoms with van der Waals surface area (Å²) in [6.07, 6.45) is 2.96. The highest BCUT2D eigenvalue weighted by Gasteiger charge is 2.13. The molecular weight excluding hydrogens is 329 g/mol. The molecule has 0 saturated heterocycles. The molecular formula is C16H12FN5OS. The largest absolute Gasteiger partial charge is 0.435 e. The lowest BCUT2D eigenvalue weighted by Gasteiger charge is -2.07. The first-order chi connectivity index (χ1) is 11.6. The number of hydrogen-bond acceptors (Lipinski definition) is 6. The lowest BCUT2D eigenvalue weighted by atomic mass is 10.1. The minimum atomic E-state index is -0.478. The van der Waals surface area contributed by atoms with Crippen LogP contribution in [0.3, 0.4) is 0 Å². The van der Waals surface area contributed by atoms with Crippen LogP contribution < -0.4 is 4.74 Å². The number of rotatable bonds is 3. The fraction of sp³-hybridized carbons (Fsp3) is 0.125. The quantitative estimate of drug-likeness (QED) is 0.568. The number of nitrogens with zero attached hydrogens (tertiary/aromatic N) is 5. The molecule has 3 aromatic heterocycles. The predicted molar refractivity (Wildman–Crippen MR) is 88.6 cm³/mol. The molecule has 3 heterocycles. The van der Waals surface area contributed by atoms with E-state index in [1.54, 1.807) is 30.1 Å². The summed E-state index contributed by atoms with van der Waals surface area (Å²) in [6, 6.07) is 4.75. The number of benzene rings is 1. The van der Waals surface area contributed by atoms with E-state index in [0.717, 1.165) is 10.7 Å². The molecule has 0 unspecified atom stereocenters. The van der Waals surface area contributed by atoms with E-state index < -0.39 is 5.82 Å². The van der Waals surface area contributed by atoms with Crippen LogP contribution >= 0.6 is 11.3 Å². The monoisotopic (exact) mass is 341 g/mol. The summed E-state index contributed by atoms with van der Waals surface area (Å²) in [5.74, 6) is -0.118. The first-order valence-electron chi connectivity index (χ1n) is 7.14. The van der Waals surface area contributed by atoms with Crippen LogP contribution in [0, 0.1) is 12.7 Å². The molecule has 0 amide bonds. The Morgan fingerprint density at radius 2 is 2.12 bits per heavy atom. The fourth-order valence-electron chi connectivity index (χ4n) is 2.37. The Morgan fingerprint density at radius 1 is 1.25 bits per heavy atom. The zero-order chi connectivity index (χ0) is 16.7. The van der Waals surface area contributed by atoms with E-state index in [1.165, 1.54) is 23.7 Å². The molecule has 120 valence electrons. The topological polar surface area (TPSA) is 65.7 Å². The molecule has 1 aromatic carbocycles. The maximum absolute atomic E-state index is 14.4. The summed E-state index contributed by atoms with van der Waals surface area (Å²) in [5.41, 5.74) is 2.08. The van der Waals surface area contributed by atoms with E-state index in [1.807, 2.05) is 12.3 Å². The second-order valence-corrected chi connectivity index (χ2v) is 6.25. The van der Waals surface area contributed by atoms with Crippen molar-refractivity contribution < 1.29 is 9.13 Å². The molecule has 0 bridgehead atoms. The summed E-state index contributed by atoms with van der Waals surface area (Å²) in [6.45, 7) is 1.91. The average molecular weight is 341 g/mol. The summed E-state index contributed by atoms with van der Waals surface area (Å²) in [5, 5.41) is 7.57. The maximum atomic E-state index is 14.4. The number of ether oxygens (including phenoxy) is 1. The molecule has 6 nitrogen and oxygen atoms in total. The zero-order valence-corrected chi connectivity index (χ0v) is 13.7. The first kappa shape index (κ1) is 14.7. The molecule has 0 spiro atoms. The molecule has 0 fully saturated rings. The van der Waals surface area contributed by atoms with E-state index >= 15 is 0 Å². The first-order valence-corrected chi connectivity index (χ1v) is 8.02. The highest BCUT2D eigenvalue weighted by atomic mass is 32.1. The molecule has 0 radical (unpaired) electrons. The van der Waals surface area contributed by atoms with Gasteiger partial charge in [-0.3, -0.25) is 4.68 Å². The highest BCUT2D eigenvalue weighted by Crippen LogP contribution is 2.31. The molecule has 0 N–H and O–H groups in total. The zero-order valence-electron chi connectivity index (χ0n) is 12.9. The van der Waals surface area contributed by atoms with Crippen LogP contribution in [0.25, 0.3) is 22.3 Å². The molecule has 8 heteroatoms. The normalized spacial score (nSPS) is 11.1. The Balaban J connectivity index is 1.69. The number of aryl methyl sites for hydroxylation is 2. The Morgan fingerprint density at radius 3 is 2.88 bits per heavy atom. The molecule has 0 aliphatic rings. The van der Waals surface area contributed by atoms with E-state index in [4.69, 9.17) is 4.74 Å². The Labute approximate surface area is 140 Å². The van der Waals surface area contributed by atoms with Crippen molar-refractivity contribution in [3.63, 3.8) is 0 Å². The predicted octanol–water partition coefficient (Wildman–Crippen LogP) is 3.73. The van der Waals surface area contributed by atoms with Crippen LogP contribution in [-0.2, 0) is 7.05 Å². The van der Waals surface area contributed by atoms with Crippen molar-refractivity contribution in [2.45, 2.75) is 6.92 Å². The molecule has 4 aromatic rings. The van der Waals surface area contributed by atoms with Crippen LogP contribution in [-0.4, -0.2) is 24.7 Å². The standard InChI is InChI=1S/C16H12FN5OS/c1-9-21-13(7-24-9)10-3-4-14(12(17)5-10)23-16-11-6-20-22(2)15(11)18-8-19-16/h3-8H,1-2H3. The number of halogens is 1. The van der Waals surface area contributed by atoms with Crippen LogP contribution in [0.2, 0.25) is 0 Å². The molecule has 24 heavy (non-hydrogen) atoms. The van der Waals surface area contributed by atoms with Crippen LogP contribution in [0.5, 0.6) is 11.6 Å². The second kappa shape index (κ2) is 5.64. The van der Waals surface area contributed by atoms with Gasteiger partial charge < -0.3 is 4.74 Å². The maximum Gasteiger partial charge on any atom is 0.233 e. The van der Waals surface area contributed by atoms with Crippen molar-refractivity contribution in [2.75, 3.05) is 0 Å². The lowest BCUT2D eigenvalue weighted by molar-refractivity contribution is 0.432. The second-order valence-electron chi connectivity index (χ2n) is 5.18. The number of fused-ring (bicyclic) bond motifs is 1. The smallest absolute Gasteiger partial charge is 0.233 e. The van der Waals surface area contributed by atoms with Crippen molar-refractivity contribution in [2.24, 2.45) is 7.05 Å². The van der Waals surface area contributed by atoms with Crippen molar-refractivity contribution in [3.8, 4) is 22.9 Å². The average Bonchev–Trinajstić information content (AvgIpc) is 3.17. The van der Waals surface area contributed by atoms with Gasteiger partial charge in [-0.2, -0.15) is 5.10 Å². The highest BCUT2D eigenvalue weighted by molar-refractivity contribution is 7.09. The third-order valence-corrected chi connectivity index (χ3v) is 4.32. The van der Waals surface area contributed by atoms with Gasteiger partial charge in [0.05, 0.1) is 16.9 Å². The lowest BCUT2D eigenvalue weighted by Crippen LogP contribution is -1.95. The number of aromatic nitrogens is 5. The summed E-state index contributed by atoms with van der Waals surface area (Å²) >= 11 is 1.52. The SMILES string of the molecule is Cc1nc(-c2ccc(Oc3ncnc4c3cnn4C)c(F)c2)cs1. The van der Waals surface area contributed by atoms with Gasteiger partial charge in [0, 0.05) is 18.0 Å². The minimum Gasteiger partial charge on any atom is -0.435 e. The van der Waals surface area contributed by atoms with Gasteiger partial charge in [-0.05, 0) is 25.1 Å². The minimum absolute atomic E-state index is 0.0922. The van der Waals surface area contributed by atoms with Crippen molar-refractivity contribution in [1.29, 1.82) is 0 Å². The van der Waals surface area contributed by atoms with E-state index in [-0.39, 0.29) is 11.6 Å². The Bertz CT molecular complexity index is 1040. The molecule has 4 rings (SSSR count). The van der Waals surface area contributed by atoms with Gasteiger partial charge in [-0.1, -0.05) is 0 Å².